The Kier molecular flexibility index (Phi) is 6.92. The van der Waals surface area contributed by atoms with Crippen LogP contribution in [0.3, 0.4) is 0 Å². The van der Waals surface area contributed by atoms with Gasteiger partial charge in [0.2, 0.25) is 10.0 Å². The minimum absolute atomic E-state index is 0.163. The van der Waals surface area contributed by atoms with E-state index < -0.39 is 10.0 Å². The summed E-state index contributed by atoms with van der Waals surface area (Å²) in [7, 11) is -3.57. The van der Waals surface area contributed by atoms with Crippen molar-refractivity contribution in [2.75, 3.05) is 19.7 Å². The maximum atomic E-state index is 12.8. The van der Waals surface area contributed by atoms with E-state index in [1.165, 1.54) is 10.4 Å². The molecule has 29 heavy (non-hydrogen) atoms. The Morgan fingerprint density at radius 3 is 2.48 bits per heavy atom. The average Bonchev–Trinajstić information content (AvgIpc) is 2.74. The standard InChI is InChI=1S/C22H28N2O4S/c1-17-9-11-20(12-10-17)28-16-18(2)23-22(25)19-7-6-8-21(15-19)29(26,27)24-13-4-3-5-14-24/h6-12,15,18H,3-5,13-14,16H2,1-2H3,(H,23,25). The first kappa shape index (κ1) is 21.3. The zero-order valence-electron chi connectivity index (χ0n) is 16.9. The van der Waals surface area contributed by atoms with Gasteiger partial charge in [0, 0.05) is 18.7 Å². The number of rotatable bonds is 7. The number of benzene rings is 2. The van der Waals surface area contributed by atoms with Crippen LogP contribution < -0.4 is 10.1 Å². The molecule has 1 aliphatic heterocycles. The molecule has 7 heteroatoms. The topological polar surface area (TPSA) is 75.7 Å². The summed E-state index contributed by atoms with van der Waals surface area (Å²) in [6.45, 7) is 5.24. The van der Waals surface area contributed by atoms with Crippen LogP contribution >= 0.6 is 0 Å². The lowest BCUT2D eigenvalue weighted by atomic mass is 10.2. The van der Waals surface area contributed by atoms with Crippen molar-refractivity contribution >= 4 is 15.9 Å². The second kappa shape index (κ2) is 9.41. The number of piperidine rings is 1. The third-order valence-electron chi connectivity index (χ3n) is 4.95. The van der Waals surface area contributed by atoms with Gasteiger partial charge in [0.05, 0.1) is 10.9 Å². The van der Waals surface area contributed by atoms with Crippen LogP contribution in [0.2, 0.25) is 0 Å². The lowest BCUT2D eigenvalue weighted by Gasteiger charge is -2.26. The van der Waals surface area contributed by atoms with Gasteiger partial charge in [-0.2, -0.15) is 4.31 Å². The molecule has 3 rings (SSSR count). The molecule has 1 unspecified atom stereocenters. The highest BCUT2D eigenvalue weighted by Crippen LogP contribution is 2.21. The minimum atomic E-state index is -3.57. The molecule has 0 aromatic heterocycles. The number of amides is 1. The SMILES string of the molecule is Cc1ccc(OCC(C)NC(=O)c2cccc(S(=O)(=O)N3CCCCC3)c2)cc1. The molecule has 0 bridgehead atoms. The molecule has 1 amide bonds. The van der Waals surface area contributed by atoms with E-state index in [4.69, 9.17) is 4.74 Å². The Labute approximate surface area is 172 Å². The molecule has 1 atom stereocenters. The van der Waals surface area contributed by atoms with Crippen molar-refractivity contribution in [2.45, 2.75) is 44.0 Å². The molecule has 0 saturated carbocycles. The molecule has 2 aromatic rings. The number of carbonyl (C=O) groups excluding carboxylic acids is 1. The summed E-state index contributed by atoms with van der Waals surface area (Å²) in [6, 6.07) is 13.7. The van der Waals surface area contributed by atoms with Crippen LogP contribution in [-0.4, -0.2) is 44.4 Å². The van der Waals surface area contributed by atoms with E-state index in [-0.39, 0.29) is 16.8 Å². The van der Waals surface area contributed by atoms with E-state index in [1.54, 1.807) is 18.2 Å². The first-order valence-corrected chi connectivity index (χ1v) is 11.4. The highest BCUT2D eigenvalue weighted by Gasteiger charge is 2.26. The summed E-state index contributed by atoms with van der Waals surface area (Å²) in [6.07, 6.45) is 2.80. The number of nitrogens with one attached hydrogen (secondary N) is 1. The van der Waals surface area contributed by atoms with Crippen LogP contribution in [0, 0.1) is 6.92 Å². The Hall–Kier alpha value is -2.38. The molecule has 0 spiro atoms. The number of hydrogen-bond donors (Lipinski definition) is 1. The quantitative estimate of drug-likeness (QED) is 0.751. The van der Waals surface area contributed by atoms with Crippen LogP contribution in [-0.2, 0) is 10.0 Å². The van der Waals surface area contributed by atoms with Gasteiger partial charge in [0.15, 0.2) is 0 Å². The number of carbonyl (C=O) groups is 1. The van der Waals surface area contributed by atoms with Crippen LogP contribution in [0.1, 0.15) is 42.1 Å². The summed E-state index contributed by atoms with van der Waals surface area (Å²) < 4.78 is 32.9. The van der Waals surface area contributed by atoms with Crippen molar-refractivity contribution in [2.24, 2.45) is 0 Å². The van der Waals surface area contributed by atoms with Gasteiger partial charge in [-0.3, -0.25) is 4.79 Å². The van der Waals surface area contributed by atoms with Gasteiger partial charge in [0.25, 0.3) is 5.91 Å². The summed E-state index contributed by atoms with van der Waals surface area (Å²) >= 11 is 0. The molecule has 156 valence electrons. The largest absolute Gasteiger partial charge is 0.491 e. The summed E-state index contributed by atoms with van der Waals surface area (Å²) in [5.74, 6) is 0.423. The number of hydrogen-bond acceptors (Lipinski definition) is 4. The molecule has 1 saturated heterocycles. The molecule has 1 fully saturated rings. The molecule has 0 aliphatic carbocycles. The third-order valence-corrected chi connectivity index (χ3v) is 6.84. The molecule has 2 aromatic carbocycles. The fourth-order valence-corrected chi connectivity index (χ4v) is 4.82. The first-order valence-electron chi connectivity index (χ1n) is 9.97. The van der Waals surface area contributed by atoms with Gasteiger partial charge < -0.3 is 10.1 Å². The average molecular weight is 417 g/mol. The molecule has 1 heterocycles. The smallest absolute Gasteiger partial charge is 0.251 e. The zero-order valence-corrected chi connectivity index (χ0v) is 17.7. The van der Waals surface area contributed by atoms with Gasteiger partial charge in [0.1, 0.15) is 12.4 Å². The molecular formula is C22H28N2O4S. The highest BCUT2D eigenvalue weighted by atomic mass is 32.2. The molecule has 1 N–H and O–H groups in total. The normalized spacial score (nSPS) is 16.2. The third kappa shape index (κ3) is 5.58. The minimum Gasteiger partial charge on any atom is -0.491 e. The van der Waals surface area contributed by atoms with Gasteiger partial charge >= 0.3 is 0 Å². The van der Waals surface area contributed by atoms with Crippen LogP contribution in [0.5, 0.6) is 5.75 Å². The van der Waals surface area contributed by atoms with E-state index in [9.17, 15) is 13.2 Å². The van der Waals surface area contributed by atoms with Crippen molar-refractivity contribution < 1.29 is 17.9 Å². The van der Waals surface area contributed by atoms with E-state index in [0.717, 1.165) is 30.6 Å². The van der Waals surface area contributed by atoms with Crippen LogP contribution in [0.15, 0.2) is 53.4 Å². The monoisotopic (exact) mass is 416 g/mol. The number of ether oxygens (including phenoxy) is 1. The number of sulfonamides is 1. The van der Waals surface area contributed by atoms with E-state index >= 15 is 0 Å². The Balaban J connectivity index is 1.62. The maximum absolute atomic E-state index is 12.8. The summed E-state index contributed by atoms with van der Waals surface area (Å²) in [5, 5.41) is 2.86. The van der Waals surface area contributed by atoms with E-state index in [0.29, 0.717) is 25.3 Å². The van der Waals surface area contributed by atoms with Gasteiger partial charge in [-0.15, -0.1) is 0 Å². The fraction of sp³-hybridized carbons (Fsp3) is 0.409. The Bertz CT molecular complexity index is 936. The predicted octanol–water partition coefficient (Wildman–Crippen LogP) is 3.37. The van der Waals surface area contributed by atoms with Gasteiger partial charge in [-0.05, 0) is 57.0 Å². The van der Waals surface area contributed by atoms with Gasteiger partial charge in [-0.25, -0.2) is 8.42 Å². The first-order chi connectivity index (χ1) is 13.9. The van der Waals surface area contributed by atoms with Crippen molar-refractivity contribution in [3.05, 3.63) is 59.7 Å². The maximum Gasteiger partial charge on any atom is 0.251 e. The zero-order chi connectivity index (χ0) is 20.9. The second-order valence-electron chi connectivity index (χ2n) is 7.49. The Morgan fingerprint density at radius 2 is 1.79 bits per heavy atom. The lowest BCUT2D eigenvalue weighted by Crippen LogP contribution is -2.37. The lowest BCUT2D eigenvalue weighted by molar-refractivity contribution is 0.0926. The fourth-order valence-electron chi connectivity index (χ4n) is 3.26. The molecular weight excluding hydrogens is 388 g/mol. The second-order valence-corrected chi connectivity index (χ2v) is 9.43. The van der Waals surface area contributed by atoms with Crippen LogP contribution in [0.25, 0.3) is 0 Å². The van der Waals surface area contributed by atoms with Crippen molar-refractivity contribution in [1.82, 2.24) is 9.62 Å². The van der Waals surface area contributed by atoms with Crippen molar-refractivity contribution in [1.29, 1.82) is 0 Å². The Morgan fingerprint density at radius 1 is 1.10 bits per heavy atom. The number of nitrogens with zero attached hydrogens (tertiary/aromatic N) is 1. The predicted molar refractivity (Wildman–Crippen MR) is 113 cm³/mol. The molecule has 6 nitrogen and oxygen atoms in total. The summed E-state index contributed by atoms with van der Waals surface area (Å²) in [5.41, 5.74) is 1.48. The van der Waals surface area contributed by atoms with Crippen molar-refractivity contribution in [3.63, 3.8) is 0 Å². The number of aryl methyl sites for hydroxylation is 1. The van der Waals surface area contributed by atoms with Crippen molar-refractivity contribution in [3.8, 4) is 5.75 Å². The molecule has 1 aliphatic rings. The van der Waals surface area contributed by atoms with E-state index in [2.05, 4.69) is 5.32 Å². The van der Waals surface area contributed by atoms with E-state index in [1.807, 2.05) is 38.1 Å². The summed E-state index contributed by atoms with van der Waals surface area (Å²) in [4.78, 5) is 12.8. The molecule has 0 radical (unpaired) electrons. The highest BCUT2D eigenvalue weighted by molar-refractivity contribution is 7.89. The van der Waals surface area contributed by atoms with Crippen LogP contribution in [0.4, 0.5) is 0 Å². The van der Waals surface area contributed by atoms with Gasteiger partial charge in [-0.1, -0.05) is 30.2 Å².